The number of aliphatic hydroxyl groups excluding tert-OH is 1. The van der Waals surface area contributed by atoms with Crippen molar-refractivity contribution >= 4 is 9.84 Å². The molecule has 1 aromatic carbocycles. The topological polar surface area (TPSA) is 66.4 Å². The maximum Gasteiger partial charge on any atom is 0.179 e. The Morgan fingerprint density at radius 1 is 1.22 bits per heavy atom. The molecule has 18 heavy (non-hydrogen) atoms. The van der Waals surface area contributed by atoms with E-state index in [1.807, 2.05) is 6.92 Å². The summed E-state index contributed by atoms with van der Waals surface area (Å²) in [6.07, 6.45) is -0.477. The summed E-state index contributed by atoms with van der Waals surface area (Å²) < 4.78 is 24.2. The van der Waals surface area contributed by atoms with Crippen LogP contribution < -0.4 is 5.32 Å². The zero-order chi connectivity index (χ0) is 13.8. The number of nitrogens with one attached hydrogen (secondary N) is 1. The SMILES string of the molecule is Cc1ccc(S(=O)(=O)CC(C)NC[C@H](C)O)cc1. The summed E-state index contributed by atoms with van der Waals surface area (Å²) in [5.74, 6) is 0.0305. The molecule has 0 radical (unpaired) electrons. The van der Waals surface area contributed by atoms with E-state index in [1.165, 1.54) is 0 Å². The molecule has 0 aromatic heterocycles. The summed E-state index contributed by atoms with van der Waals surface area (Å²) in [5.41, 5.74) is 1.04. The predicted octanol–water partition coefficient (Wildman–Crippen LogP) is 1.13. The van der Waals surface area contributed by atoms with Crippen LogP contribution in [0.5, 0.6) is 0 Å². The van der Waals surface area contributed by atoms with E-state index in [4.69, 9.17) is 5.11 Å². The number of hydrogen-bond acceptors (Lipinski definition) is 4. The summed E-state index contributed by atoms with van der Waals surface area (Å²) in [6, 6.07) is 6.66. The Balaban J connectivity index is 2.67. The average molecular weight is 271 g/mol. The summed E-state index contributed by atoms with van der Waals surface area (Å²) in [5, 5.41) is 12.1. The Morgan fingerprint density at radius 2 is 1.78 bits per heavy atom. The Morgan fingerprint density at radius 3 is 2.28 bits per heavy atom. The van der Waals surface area contributed by atoms with Gasteiger partial charge in [-0.05, 0) is 32.9 Å². The minimum absolute atomic E-state index is 0.0305. The first-order chi connectivity index (χ1) is 8.31. The van der Waals surface area contributed by atoms with E-state index in [0.717, 1.165) is 5.56 Å². The number of aryl methyl sites for hydroxylation is 1. The molecule has 0 aliphatic heterocycles. The van der Waals surface area contributed by atoms with Gasteiger partial charge < -0.3 is 10.4 Å². The molecule has 4 nitrogen and oxygen atoms in total. The van der Waals surface area contributed by atoms with Gasteiger partial charge in [0.25, 0.3) is 0 Å². The van der Waals surface area contributed by atoms with Crippen molar-refractivity contribution < 1.29 is 13.5 Å². The second kappa shape index (κ2) is 6.31. The highest BCUT2D eigenvalue weighted by molar-refractivity contribution is 7.91. The van der Waals surface area contributed by atoms with Gasteiger partial charge in [0.2, 0.25) is 0 Å². The quantitative estimate of drug-likeness (QED) is 0.814. The van der Waals surface area contributed by atoms with Crippen LogP contribution in [0, 0.1) is 6.92 Å². The van der Waals surface area contributed by atoms with Gasteiger partial charge in [0, 0.05) is 12.6 Å². The van der Waals surface area contributed by atoms with Gasteiger partial charge in [-0.25, -0.2) is 8.42 Å². The second-order valence-corrected chi connectivity index (χ2v) is 6.79. The summed E-state index contributed by atoms with van der Waals surface area (Å²) >= 11 is 0. The van der Waals surface area contributed by atoms with Crippen molar-refractivity contribution in [3.63, 3.8) is 0 Å². The third kappa shape index (κ3) is 4.76. The van der Waals surface area contributed by atoms with Gasteiger partial charge >= 0.3 is 0 Å². The summed E-state index contributed by atoms with van der Waals surface area (Å²) in [6.45, 7) is 5.77. The zero-order valence-electron chi connectivity index (χ0n) is 11.1. The Bertz CT molecular complexity index is 466. The lowest BCUT2D eigenvalue weighted by molar-refractivity contribution is 0.188. The minimum Gasteiger partial charge on any atom is -0.392 e. The van der Waals surface area contributed by atoms with Gasteiger partial charge in [0.15, 0.2) is 9.84 Å². The number of sulfone groups is 1. The molecule has 0 saturated heterocycles. The van der Waals surface area contributed by atoms with Crippen molar-refractivity contribution in [2.24, 2.45) is 0 Å². The Hall–Kier alpha value is -0.910. The van der Waals surface area contributed by atoms with Crippen LogP contribution in [0.25, 0.3) is 0 Å². The molecule has 0 amide bonds. The minimum atomic E-state index is -3.27. The molecule has 0 aliphatic rings. The molecular formula is C13H21NO3S. The van der Waals surface area contributed by atoms with Crippen molar-refractivity contribution in [2.75, 3.05) is 12.3 Å². The first-order valence-corrected chi connectivity index (χ1v) is 7.67. The van der Waals surface area contributed by atoms with E-state index >= 15 is 0 Å². The van der Waals surface area contributed by atoms with E-state index < -0.39 is 15.9 Å². The number of benzene rings is 1. The highest BCUT2D eigenvalue weighted by Crippen LogP contribution is 2.13. The predicted molar refractivity (Wildman–Crippen MR) is 72.4 cm³/mol. The van der Waals surface area contributed by atoms with E-state index in [1.54, 1.807) is 38.1 Å². The molecule has 1 rings (SSSR count). The van der Waals surface area contributed by atoms with E-state index in [-0.39, 0.29) is 11.8 Å². The fraction of sp³-hybridized carbons (Fsp3) is 0.538. The smallest absolute Gasteiger partial charge is 0.179 e. The molecular weight excluding hydrogens is 250 g/mol. The first kappa shape index (κ1) is 15.1. The number of hydrogen-bond donors (Lipinski definition) is 2. The molecule has 0 aliphatic carbocycles. The van der Waals surface area contributed by atoms with Crippen LogP contribution in [0.2, 0.25) is 0 Å². The molecule has 0 spiro atoms. The zero-order valence-corrected chi connectivity index (χ0v) is 11.9. The second-order valence-electron chi connectivity index (χ2n) is 4.75. The molecule has 102 valence electrons. The third-order valence-corrected chi connectivity index (χ3v) is 4.54. The van der Waals surface area contributed by atoms with Crippen LogP contribution >= 0.6 is 0 Å². The summed E-state index contributed by atoms with van der Waals surface area (Å²) in [4.78, 5) is 0.346. The van der Waals surface area contributed by atoms with E-state index in [2.05, 4.69) is 5.32 Å². The van der Waals surface area contributed by atoms with Gasteiger partial charge in [-0.2, -0.15) is 0 Å². The molecule has 0 heterocycles. The molecule has 0 fully saturated rings. The van der Waals surface area contributed by atoms with Crippen LogP contribution in [-0.4, -0.2) is 38.0 Å². The number of rotatable bonds is 6. The van der Waals surface area contributed by atoms with Crippen molar-refractivity contribution in [3.8, 4) is 0 Å². The lowest BCUT2D eigenvalue weighted by Crippen LogP contribution is -2.37. The normalized spacial score (nSPS) is 15.3. The molecule has 2 N–H and O–H groups in total. The monoisotopic (exact) mass is 271 g/mol. The highest BCUT2D eigenvalue weighted by atomic mass is 32.2. The van der Waals surface area contributed by atoms with Crippen LogP contribution in [0.1, 0.15) is 19.4 Å². The molecule has 0 bridgehead atoms. The number of aliphatic hydroxyl groups is 1. The third-order valence-electron chi connectivity index (χ3n) is 2.61. The van der Waals surface area contributed by atoms with Crippen molar-refractivity contribution in [2.45, 2.75) is 37.8 Å². The first-order valence-electron chi connectivity index (χ1n) is 6.02. The molecule has 1 aromatic rings. The van der Waals surface area contributed by atoms with Crippen LogP contribution in [0.15, 0.2) is 29.2 Å². The van der Waals surface area contributed by atoms with Gasteiger partial charge in [0.1, 0.15) is 0 Å². The van der Waals surface area contributed by atoms with Gasteiger partial charge in [-0.1, -0.05) is 17.7 Å². The maximum atomic E-state index is 12.1. The summed E-state index contributed by atoms with van der Waals surface area (Å²) in [7, 11) is -3.27. The van der Waals surface area contributed by atoms with Crippen molar-refractivity contribution in [1.82, 2.24) is 5.32 Å². The standard InChI is InChI=1S/C13H21NO3S/c1-10-4-6-13(7-5-10)18(16,17)9-11(2)14-8-12(3)15/h4-7,11-12,14-15H,8-9H2,1-3H3/t11?,12-/m0/s1. The lowest BCUT2D eigenvalue weighted by Gasteiger charge is -2.15. The fourth-order valence-corrected chi connectivity index (χ4v) is 3.12. The molecule has 0 saturated carbocycles. The van der Waals surface area contributed by atoms with Gasteiger partial charge in [-0.3, -0.25) is 0 Å². The van der Waals surface area contributed by atoms with Crippen molar-refractivity contribution in [3.05, 3.63) is 29.8 Å². The largest absolute Gasteiger partial charge is 0.392 e. The van der Waals surface area contributed by atoms with Crippen LogP contribution in [0.4, 0.5) is 0 Å². The maximum absolute atomic E-state index is 12.1. The fourth-order valence-electron chi connectivity index (χ4n) is 1.60. The average Bonchev–Trinajstić information content (AvgIpc) is 2.26. The van der Waals surface area contributed by atoms with E-state index in [0.29, 0.717) is 11.4 Å². The molecule has 2 atom stereocenters. The van der Waals surface area contributed by atoms with Crippen molar-refractivity contribution in [1.29, 1.82) is 0 Å². The molecule has 5 heteroatoms. The molecule has 1 unspecified atom stereocenters. The van der Waals surface area contributed by atoms with E-state index in [9.17, 15) is 8.42 Å². The van der Waals surface area contributed by atoms with Gasteiger partial charge in [0.05, 0.1) is 16.8 Å². The Labute approximate surface area is 109 Å². The Kier molecular flexibility index (Phi) is 5.31. The van der Waals surface area contributed by atoms with Gasteiger partial charge in [-0.15, -0.1) is 0 Å². The highest BCUT2D eigenvalue weighted by Gasteiger charge is 2.18. The van der Waals surface area contributed by atoms with Crippen LogP contribution in [0.3, 0.4) is 0 Å². The van der Waals surface area contributed by atoms with Crippen LogP contribution in [-0.2, 0) is 9.84 Å². The lowest BCUT2D eigenvalue weighted by atomic mass is 10.2.